The first kappa shape index (κ1) is 12.0. The van der Waals surface area contributed by atoms with Gasteiger partial charge in [-0.25, -0.2) is 0 Å². The monoisotopic (exact) mass is 255 g/mol. The number of rotatable bonds is 4. The summed E-state index contributed by atoms with van der Waals surface area (Å²) < 4.78 is 0. The molecule has 1 unspecified atom stereocenters. The van der Waals surface area contributed by atoms with Crippen LogP contribution in [0.1, 0.15) is 44.6 Å². The van der Waals surface area contributed by atoms with Crippen LogP contribution in [-0.4, -0.2) is 6.04 Å². The van der Waals surface area contributed by atoms with E-state index in [1.54, 1.807) is 0 Å². The first-order valence-corrected chi connectivity index (χ1v) is 8.04. The molecule has 102 valence electrons. The predicted molar refractivity (Wildman–Crippen MR) is 78.7 cm³/mol. The molecule has 2 bridgehead atoms. The van der Waals surface area contributed by atoms with E-state index < -0.39 is 0 Å². The predicted octanol–water partition coefficient (Wildman–Crippen LogP) is 3.99. The molecule has 3 aliphatic carbocycles. The van der Waals surface area contributed by atoms with Crippen molar-refractivity contribution >= 4 is 0 Å². The molecule has 1 N–H and O–H groups in total. The Morgan fingerprint density at radius 2 is 1.79 bits per heavy atom. The molecule has 3 aliphatic rings. The zero-order valence-corrected chi connectivity index (χ0v) is 11.9. The Labute approximate surface area is 116 Å². The Hall–Kier alpha value is -0.820. The smallest absolute Gasteiger partial charge is 0.0208 e. The second kappa shape index (κ2) is 4.34. The number of fused-ring (bicyclic) bond motifs is 1. The molecule has 1 heteroatoms. The summed E-state index contributed by atoms with van der Waals surface area (Å²) in [5.74, 6) is 3.26. The van der Waals surface area contributed by atoms with Gasteiger partial charge in [0, 0.05) is 12.6 Å². The van der Waals surface area contributed by atoms with Crippen LogP contribution in [0.15, 0.2) is 30.3 Å². The standard InChI is InChI=1S/C18H25N/c1-13(19-12-14-5-3-2-4-6-14)18-9-15-7-8-16(10-18)17(15)11-18/h2-6,13,15-17,19H,7-12H2,1H3/t13?,15-,16-,17?,18?/m0/s1. The maximum absolute atomic E-state index is 3.83. The van der Waals surface area contributed by atoms with Gasteiger partial charge in [-0.05, 0) is 67.8 Å². The van der Waals surface area contributed by atoms with Crippen molar-refractivity contribution < 1.29 is 0 Å². The van der Waals surface area contributed by atoms with E-state index in [2.05, 4.69) is 42.6 Å². The lowest BCUT2D eigenvalue weighted by Crippen LogP contribution is -2.41. The third-order valence-corrected chi connectivity index (χ3v) is 6.47. The quantitative estimate of drug-likeness (QED) is 0.857. The minimum atomic E-state index is 0.644. The van der Waals surface area contributed by atoms with Crippen LogP contribution in [0.25, 0.3) is 0 Å². The van der Waals surface area contributed by atoms with Crippen LogP contribution in [0.3, 0.4) is 0 Å². The Morgan fingerprint density at radius 1 is 1.11 bits per heavy atom. The molecular formula is C18H25N. The van der Waals surface area contributed by atoms with Crippen LogP contribution < -0.4 is 5.32 Å². The third kappa shape index (κ3) is 1.86. The lowest BCUT2D eigenvalue weighted by atomic mass is 9.75. The highest BCUT2D eigenvalue weighted by atomic mass is 14.9. The maximum Gasteiger partial charge on any atom is 0.0208 e. The number of benzene rings is 1. The van der Waals surface area contributed by atoms with Crippen LogP contribution >= 0.6 is 0 Å². The van der Waals surface area contributed by atoms with Gasteiger partial charge >= 0.3 is 0 Å². The minimum absolute atomic E-state index is 0.644. The van der Waals surface area contributed by atoms with E-state index >= 15 is 0 Å². The van der Waals surface area contributed by atoms with E-state index in [1.165, 1.54) is 37.7 Å². The van der Waals surface area contributed by atoms with Gasteiger partial charge in [0.15, 0.2) is 0 Å². The highest BCUT2D eigenvalue weighted by molar-refractivity contribution is 5.15. The van der Waals surface area contributed by atoms with Gasteiger partial charge in [0.2, 0.25) is 0 Å². The van der Waals surface area contributed by atoms with Crippen molar-refractivity contribution in [2.45, 2.75) is 51.6 Å². The van der Waals surface area contributed by atoms with Gasteiger partial charge in [-0.15, -0.1) is 0 Å². The maximum atomic E-state index is 3.83. The molecule has 0 heterocycles. The SMILES string of the molecule is CC(NCc1ccccc1)C12CC3[C@@H](CC[C@H]3C1)C2. The number of nitrogens with one attached hydrogen (secondary N) is 1. The molecule has 0 saturated heterocycles. The first-order valence-electron chi connectivity index (χ1n) is 8.04. The molecule has 19 heavy (non-hydrogen) atoms. The summed E-state index contributed by atoms with van der Waals surface area (Å²) in [6.45, 7) is 3.47. The van der Waals surface area contributed by atoms with Gasteiger partial charge in [0.05, 0.1) is 0 Å². The van der Waals surface area contributed by atoms with Gasteiger partial charge in [0.1, 0.15) is 0 Å². The Bertz CT molecular complexity index is 433. The summed E-state index contributed by atoms with van der Waals surface area (Å²) in [7, 11) is 0. The van der Waals surface area contributed by atoms with E-state index in [4.69, 9.17) is 0 Å². The van der Waals surface area contributed by atoms with E-state index in [1.807, 2.05) is 0 Å². The van der Waals surface area contributed by atoms with E-state index in [9.17, 15) is 0 Å². The van der Waals surface area contributed by atoms with Crippen molar-refractivity contribution in [3.63, 3.8) is 0 Å². The van der Waals surface area contributed by atoms with Crippen molar-refractivity contribution in [1.82, 2.24) is 5.32 Å². The normalized spacial score (nSPS) is 40.8. The number of hydrogen-bond donors (Lipinski definition) is 1. The minimum Gasteiger partial charge on any atom is -0.310 e. The fraction of sp³-hybridized carbons (Fsp3) is 0.667. The van der Waals surface area contributed by atoms with Gasteiger partial charge in [0.25, 0.3) is 0 Å². The van der Waals surface area contributed by atoms with E-state index in [0.717, 1.165) is 24.3 Å². The molecule has 3 fully saturated rings. The molecule has 4 rings (SSSR count). The van der Waals surface area contributed by atoms with Crippen molar-refractivity contribution in [2.24, 2.45) is 23.2 Å². The van der Waals surface area contributed by atoms with Gasteiger partial charge in [-0.3, -0.25) is 0 Å². The zero-order chi connectivity index (χ0) is 12.9. The van der Waals surface area contributed by atoms with Gasteiger partial charge < -0.3 is 5.32 Å². The largest absolute Gasteiger partial charge is 0.310 e. The summed E-state index contributed by atoms with van der Waals surface area (Å²) in [5, 5.41) is 3.83. The first-order chi connectivity index (χ1) is 9.27. The van der Waals surface area contributed by atoms with Crippen molar-refractivity contribution in [2.75, 3.05) is 0 Å². The van der Waals surface area contributed by atoms with Gasteiger partial charge in [-0.2, -0.15) is 0 Å². The van der Waals surface area contributed by atoms with Crippen molar-refractivity contribution in [3.8, 4) is 0 Å². The fourth-order valence-electron chi connectivity index (χ4n) is 5.46. The van der Waals surface area contributed by atoms with Gasteiger partial charge in [-0.1, -0.05) is 30.3 Å². The zero-order valence-electron chi connectivity index (χ0n) is 11.9. The fourth-order valence-corrected chi connectivity index (χ4v) is 5.46. The van der Waals surface area contributed by atoms with Crippen LogP contribution in [0.4, 0.5) is 0 Å². The Balaban J connectivity index is 1.43. The molecule has 0 aliphatic heterocycles. The Kier molecular flexibility index (Phi) is 2.73. The summed E-state index contributed by atoms with van der Waals surface area (Å²) in [5.41, 5.74) is 2.06. The summed E-state index contributed by atoms with van der Waals surface area (Å²) in [4.78, 5) is 0. The molecule has 0 amide bonds. The second-order valence-electron chi connectivity index (χ2n) is 7.32. The molecular weight excluding hydrogens is 230 g/mol. The third-order valence-electron chi connectivity index (χ3n) is 6.47. The summed E-state index contributed by atoms with van der Waals surface area (Å²) >= 11 is 0. The number of hydrogen-bond acceptors (Lipinski definition) is 1. The van der Waals surface area contributed by atoms with E-state index in [0.29, 0.717) is 11.5 Å². The van der Waals surface area contributed by atoms with Crippen LogP contribution in [0.2, 0.25) is 0 Å². The molecule has 0 aromatic heterocycles. The lowest BCUT2D eigenvalue weighted by Gasteiger charge is -2.36. The highest BCUT2D eigenvalue weighted by Gasteiger charge is 2.59. The second-order valence-corrected chi connectivity index (χ2v) is 7.32. The molecule has 1 aromatic rings. The molecule has 3 atom stereocenters. The average Bonchev–Trinajstić information content (AvgIpc) is 3.04. The van der Waals surface area contributed by atoms with E-state index in [-0.39, 0.29) is 0 Å². The molecule has 1 nitrogen and oxygen atoms in total. The van der Waals surface area contributed by atoms with Crippen molar-refractivity contribution in [3.05, 3.63) is 35.9 Å². The topological polar surface area (TPSA) is 12.0 Å². The Morgan fingerprint density at radius 3 is 2.42 bits per heavy atom. The summed E-state index contributed by atoms with van der Waals surface area (Å²) in [6.07, 6.45) is 7.60. The van der Waals surface area contributed by atoms with Crippen molar-refractivity contribution in [1.29, 1.82) is 0 Å². The highest BCUT2D eigenvalue weighted by Crippen LogP contribution is 2.66. The average molecular weight is 255 g/mol. The molecule has 0 radical (unpaired) electrons. The summed E-state index contributed by atoms with van der Waals surface area (Å²) in [6, 6.07) is 11.5. The van der Waals surface area contributed by atoms with Crippen LogP contribution in [0.5, 0.6) is 0 Å². The molecule has 1 aromatic carbocycles. The van der Waals surface area contributed by atoms with Crippen LogP contribution in [-0.2, 0) is 6.54 Å². The molecule has 0 spiro atoms. The van der Waals surface area contributed by atoms with Crippen LogP contribution in [0, 0.1) is 23.2 Å². The molecule has 3 saturated carbocycles. The lowest BCUT2D eigenvalue weighted by molar-refractivity contribution is 0.178.